The molecule has 1 N–H and O–H groups in total. The standard InChI is InChI=1S/C16H18N2O/c1-12(14-8-4-3-5-9-14)11-16(19)18-15-10-6-7-13(2)17-15/h3-10,12H,11H2,1-2H3,(H,17,18,19). The molecule has 0 bridgehead atoms. The van der Waals surface area contributed by atoms with Gasteiger partial charge in [-0.2, -0.15) is 0 Å². The van der Waals surface area contributed by atoms with Gasteiger partial charge in [0, 0.05) is 12.1 Å². The smallest absolute Gasteiger partial charge is 0.226 e. The lowest BCUT2D eigenvalue weighted by atomic mass is 9.98. The monoisotopic (exact) mass is 254 g/mol. The fraction of sp³-hybridized carbons (Fsp3) is 0.250. The van der Waals surface area contributed by atoms with Crippen LogP contribution < -0.4 is 5.32 Å². The molecule has 98 valence electrons. The van der Waals surface area contributed by atoms with E-state index in [4.69, 9.17) is 0 Å². The van der Waals surface area contributed by atoms with E-state index < -0.39 is 0 Å². The van der Waals surface area contributed by atoms with Crippen LogP contribution in [-0.2, 0) is 4.79 Å². The Bertz CT molecular complexity index is 552. The van der Waals surface area contributed by atoms with Crippen LogP contribution in [0.25, 0.3) is 0 Å². The predicted molar refractivity (Wildman–Crippen MR) is 77.1 cm³/mol. The third-order valence-corrected chi connectivity index (χ3v) is 3.02. The summed E-state index contributed by atoms with van der Waals surface area (Å²) in [6, 6.07) is 15.6. The number of aryl methyl sites for hydroxylation is 1. The number of aromatic nitrogens is 1. The number of hydrogen-bond donors (Lipinski definition) is 1. The molecule has 0 saturated heterocycles. The molecule has 19 heavy (non-hydrogen) atoms. The number of benzene rings is 1. The van der Waals surface area contributed by atoms with Crippen molar-refractivity contribution in [1.82, 2.24) is 4.98 Å². The third kappa shape index (κ3) is 3.91. The quantitative estimate of drug-likeness (QED) is 0.907. The van der Waals surface area contributed by atoms with E-state index in [9.17, 15) is 4.79 Å². The second kappa shape index (κ2) is 6.14. The highest BCUT2D eigenvalue weighted by molar-refractivity contribution is 5.90. The zero-order valence-electron chi connectivity index (χ0n) is 11.3. The third-order valence-electron chi connectivity index (χ3n) is 3.02. The Morgan fingerprint density at radius 1 is 1.16 bits per heavy atom. The van der Waals surface area contributed by atoms with Gasteiger partial charge >= 0.3 is 0 Å². The van der Waals surface area contributed by atoms with Crippen LogP contribution in [-0.4, -0.2) is 10.9 Å². The van der Waals surface area contributed by atoms with Gasteiger partial charge < -0.3 is 5.32 Å². The number of rotatable bonds is 4. The van der Waals surface area contributed by atoms with Gasteiger partial charge in [0.25, 0.3) is 0 Å². The van der Waals surface area contributed by atoms with Crippen molar-refractivity contribution in [3.8, 4) is 0 Å². The van der Waals surface area contributed by atoms with Crippen LogP contribution in [0.3, 0.4) is 0 Å². The Kier molecular flexibility index (Phi) is 4.29. The van der Waals surface area contributed by atoms with E-state index in [0.717, 1.165) is 5.69 Å². The highest BCUT2D eigenvalue weighted by Gasteiger charge is 2.11. The maximum absolute atomic E-state index is 12.0. The van der Waals surface area contributed by atoms with Crippen molar-refractivity contribution in [3.05, 3.63) is 59.8 Å². The van der Waals surface area contributed by atoms with Gasteiger partial charge in [0.05, 0.1) is 0 Å². The molecule has 1 heterocycles. The maximum Gasteiger partial charge on any atom is 0.226 e. The Morgan fingerprint density at radius 3 is 2.58 bits per heavy atom. The zero-order chi connectivity index (χ0) is 13.7. The van der Waals surface area contributed by atoms with Crippen molar-refractivity contribution in [2.75, 3.05) is 5.32 Å². The molecule has 1 amide bonds. The Labute approximate surface area is 113 Å². The van der Waals surface area contributed by atoms with Crippen LogP contribution in [0.15, 0.2) is 48.5 Å². The number of pyridine rings is 1. The van der Waals surface area contributed by atoms with E-state index in [1.165, 1.54) is 5.56 Å². The molecule has 2 rings (SSSR count). The van der Waals surface area contributed by atoms with E-state index in [1.54, 1.807) is 6.07 Å². The van der Waals surface area contributed by atoms with Gasteiger partial charge in [-0.1, -0.05) is 43.3 Å². The number of anilines is 1. The SMILES string of the molecule is Cc1cccc(NC(=O)CC(C)c2ccccc2)n1. The summed E-state index contributed by atoms with van der Waals surface area (Å²) in [6.07, 6.45) is 0.458. The molecule has 0 aliphatic heterocycles. The minimum Gasteiger partial charge on any atom is -0.311 e. The predicted octanol–water partition coefficient (Wildman–Crippen LogP) is 3.52. The van der Waals surface area contributed by atoms with Crippen LogP contribution in [0.5, 0.6) is 0 Å². The average molecular weight is 254 g/mol. The lowest BCUT2D eigenvalue weighted by Gasteiger charge is -2.11. The van der Waals surface area contributed by atoms with Gasteiger partial charge in [0.2, 0.25) is 5.91 Å². The minimum absolute atomic E-state index is 0.00514. The Balaban J connectivity index is 1.95. The number of hydrogen-bond acceptors (Lipinski definition) is 2. The summed E-state index contributed by atoms with van der Waals surface area (Å²) in [6.45, 7) is 3.96. The number of carbonyl (C=O) groups is 1. The van der Waals surface area contributed by atoms with Gasteiger partial charge in [-0.3, -0.25) is 4.79 Å². The summed E-state index contributed by atoms with van der Waals surface area (Å²) >= 11 is 0. The molecule has 3 nitrogen and oxygen atoms in total. The van der Waals surface area contributed by atoms with Crippen LogP contribution in [0, 0.1) is 6.92 Å². The number of amides is 1. The molecule has 1 aromatic carbocycles. The first kappa shape index (κ1) is 13.3. The molecule has 0 radical (unpaired) electrons. The molecule has 0 aliphatic carbocycles. The maximum atomic E-state index is 12.0. The molecular formula is C16H18N2O. The Morgan fingerprint density at radius 2 is 1.89 bits per heavy atom. The molecule has 1 unspecified atom stereocenters. The summed E-state index contributed by atoms with van der Waals surface area (Å²) in [5, 5.41) is 2.83. The van der Waals surface area contributed by atoms with Gasteiger partial charge in [-0.25, -0.2) is 4.98 Å². The van der Waals surface area contributed by atoms with E-state index >= 15 is 0 Å². The van der Waals surface area contributed by atoms with Gasteiger partial charge in [0.15, 0.2) is 0 Å². The summed E-state index contributed by atoms with van der Waals surface area (Å²) < 4.78 is 0. The van der Waals surface area contributed by atoms with Crippen molar-refractivity contribution >= 4 is 11.7 Å². The molecule has 0 spiro atoms. The molecule has 0 saturated carbocycles. The highest BCUT2D eigenvalue weighted by Crippen LogP contribution is 2.19. The number of carbonyl (C=O) groups excluding carboxylic acids is 1. The molecular weight excluding hydrogens is 236 g/mol. The van der Waals surface area contributed by atoms with Crippen LogP contribution in [0.4, 0.5) is 5.82 Å². The first-order valence-corrected chi connectivity index (χ1v) is 6.43. The first-order valence-electron chi connectivity index (χ1n) is 6.43. The zero-order valence-corrected chi connectivity index (χ0v) is 11.3. The van der Waals surface area contributed by atoms with E-state index in [-0.39, 0.29) is 11.8 Å². The molecule has 1 aromatic heterocycles. The number of nitrogens with one attached hydrogen (secondary N) is 1. The van der Waals surface area contributed by atoms with Gasteiger partial charge in [-0.15, -0.1) is 0 Å². The van der Waals surface area contributed by atoms with Crippen molar-refractivity contribution < 1.29 is 4.79 Å². The molecule has 2 aromatic rings. The lowest BCUT2D eigenvalue weighted by molar-refractivity contribution is -0.116. The summed E-state index contributed by atoms with van der Waals surface area (Å²) in [4.78, 5) is 16.2. The summed E-state index contributed by atoms with van der Waals surface area (Å²) in [7, 11) is 0. The minimum atomic E-state index is -0.00514. The van der Waals surface area contributed by atoms with Gasteiger partial charge in [0.1, 0.15) is 5.82 Å². The summed E-state index contributed by atoms with van der Waals surface area (Å²) in [5.74, 6) is 0.811. The largest absolute Gasteiger partial charge is 0.311 e. The number of nitrogens with zero attached hydrogens (tertiary/aromatic N) is 1. The van der Waals surface area contributed by atoms with Crippen molar-refractivity contribution in [1.29, 1.82) is 0 Å². The first-order chi connectivity index (χ1) is 9.15. The summed E-state index contributed by atoms with van der Waals surface area (Å²) in [5.41, 5.74) is 2.07. The topological polar surface area (TPSA) is 42.0 Å². The Hall–Kier alpha value is -2.16. The fourth-order valence-electron chi connectivity index (χ4n) is 1.98. The van der Waals surface area contributed by atoms with Gasteiger partial charge in [-0.05, 0) is 30.5 Å². The molecule has 0 aliphatic rings. The molecule has 0 fully saturated rings. The molecule has 1 atom stereocenters. The van der Waals surface area contributed by atoms with Crippen molar-refractivity contribution in [2.24, 2.45) is 0 Å². The second-order valence-electron chi connectivity index (χ2n) is 4.73. The van der Waals surface area contributed by atoms with Crippen LogP contribution in [0.2, 0.25) is 0 Å². The fourth-order valence-corrected chi connectivity index (χ4v) is 1.98. The second-order valence-corrected chi connectivity index (χ2v) is 4.73. The van der Waals surface area contributed by atoms with Crippen molar-refractivity contribution in [3.63, 3.8) is 0 Å². The highest BCUT2D eigenvalue weighted by atomic mass is 16.1. The van der Waals surface area contributed by atoms with E-state index in [2.05, 4.69) is 17.2 Å². The van der Waals surface area contributed by atoms with E-state index in [0.29, 0.717) is 12.2 Å². The average Bonchev–Trinajstić information content (AvgIpc) is 2.39. The van der Waals surface area contributed by atoms with Crippen molar-refractivity contribution in [2.45, 2.75) is 26.2 Å². The van der Waals surface area contributed by atoms with Crippen LogP contribution >= 0.6 is 0 Å². The van der Waals surface area contributed by atoms with E-state index in [1.807, 2.05) is 49.4 Å². The molecule has 3 heteroatoms. The van der Waals surface area contributed by atoms with Crippen LogP contribution in [0.1, 0.15) is 30.5 Å². The lowest BCUT2D eigenvalue weighted by Crippen LogP contribution is -2.15. The normalized spacial score (nSPS) is 11.9.